The largest absolute Gasteiger partial charge is 0.372 e. The van der Waals surface area contributed by atoms with Crippen LogP contribution >= 0.6 is 0 Å². The predicted molar refractivity (Wildman–Crippen MR) is 76.7 cm³/mol. The van der Waals surface area contributed by atoms with Gasteiger partial charge in [0.2, 0.25) is 0 Å². The fraction of sp³-hybridized carbons (Fsp3) is 0.600. The molecule has 0 bridgehead atoms. The molecule has 17 heavy (non-hydrogen) atoms. The van der Waals surface area contributed by atoms with E-state index in [-0.39, 0.29) is 0 Å². The standard InChI is InChI=1S/C15H26N2/c1-6-12(3)17(5)14-10-8-13(9-11-14)15(7-2)16-4/h8-12,15-16H,6-7H2,1-5H3. The third kappa shape index (κ3) is 3.47. The smallest absolute Gasteiger partial charge is 0.0366 e. The Hall–Kier alpha value is -1.02. The molecule has 2 unspecified atom stereocenters. The number of hydrogen-bond acceptors (Lipinski definition) is 2. The van der Waals surface area contributed by atoms with Gasteiger partial charge < -0.3 is 10.2 Å². The number of benzene rings is 1. The van der Waals surface area contributed by atoms with E-state index >= 15 is 0 Å². The Balaban J connectivity index is 2.80. The van der Waals surface area contributed by atoms with E-state index in [9.17, 15) is 0 Å². The second-order valence-corrected chi connectivity index (χ2v) is 4.71. The molecule has 1 rings (SSSR count). The number of nitrogens with zero attached hydrogens (tertiary/aromatic N) is 1. The van der Waals surface area contributed by atoms with Crippen molar-refractivity contribution in [3.05, 3.63) is 29.8 Å². The van der Waals surface area contributed by atoms with Gasteiger partial charge in [-0.25, -0.2) is 0 Å². The lowest BCUT2D eigenvalue weighted by atomic mass is 10.0. The molecule has 2 nitrogen and oxygen atoms in total. The Bertz CT molecular complexity index is 314. The lowest BCUT2D eigenvalue weighted by Crippen LogP contribution is -2.27. The third-order valence-corrected chi connectivity index (χ3v) is 3.71. The molecule has 96 valence electrons. The maximum Gasteiger partial charge on any atom is 0.0366 e. The van der Waals surface area contributed by atoms with Gasteiger partial charge in [-0.1, -0.05) is 26.0 Å². The molecule has 0 aliphatic heterocycles. The molecule has 2 heteroatoms. The Morgan fingerprint density at radius 2 is 1.71 bits per heavy atom. The Morgan fingerprint density at radius 3 is 2.12 bits per heavy atom. The lowest BCUT2D eigenvalue weighted by Gasteiger charge is -2.26. The normalized spacial score (nSPS) is 14.4. The summed E-state index contributed by atoms with van der Waals surface area (Å²) in [7, 11) is 4.19. The van der Waals surface area contributed by atoms with Crippen molar-refractivity contribution in [2.75, 3.05) is 19.0 Å². The summed E-state index contributed by atoms with van der Waals surface area (Å²) in [6.07, 6.45) is 2.30. The summed E-state index contributed by atoms with van der Waals surface area (Å²) in [5.41, 5.74) is 2.67. The summed E-state index contributed by atoms with van der Waals surface area (Å²) in [5, 5.41) is 3.34. The molecule has 1 aromatic rings. The van der Waals surface area contributed by atoms with Crippen LogP contribution < -0.4 is 10.2 Å². The maximum atomic E-state index is 3.34. The highest BCUT2D eigenvalue weighted by atomic mass is 15.1. The molecule has 0 fully saturated rings. The molecule has 0 amide bonds. The van der Waals surface area contributed by atoms with Gasteiger partial charge in [-0.15, -0.1) is 0 Å². The van der Waals surface area contributed by atoms with Crippen LogP contribution in [0.4, 0.5) is 5.69 Å². The fourth-order valence-electron chi connectivity index (χ4n) is 2.08. The van der Waals surface area contributed by atoms with Crippen LogP contribution in [0, 0.1) is 0 Å². The van der Waals surface area contributed by atoms with Crippen molar-refractivity contribution in [2.45, 2.75) is 45.7 Å². The third-order valence-electron chi connectivity index (χ3n) is 3.71. The van der Waals surface area contributed by atoms with E-state index in [4.69, 9.17) is 0 Å². The summed E-state index contributed by atoms with van der Waals surface area (Å²) >= 11 is 0. The fourth-order valence-corrected chi connectivity index (χ4v) is 2.08. The minimum absolute atomic E-state index is 0.470. The van der Waals surface area contributed by atoms with Crippen LogP contribution in [0.25, 0.3) is 0 Å². The number of anilines is 1. The maximum absolute atomic E-state index is 3.34. The molecule has 0 aliphatic carbocycles. The van der Waals surface area contributed by atoms with Crippen molar-refractivity contribution in [3.63, 3.8) is 0 Å². The zero-order chi connectivity index (χ0) is 12.8. The van der Waals surface area contributed by atoms with Gasteiger partial charge in [0.1, 0.15) is 0 Å². The van der Waals surface area contributed by atoms with Gasteiger partial charge >= 0.3 is 0 Å². The van der Waals surface area contributed by atoms with Gasteiger partial charge in [0, 0.05) is 24.8 Å². The van der Waals surface area contributed by atoms with Gasteiger partial charge in [-0.05, 0) is 44.5 Å². The first-order valence-electron chi connectivity index (χ1n) is 6.64. The van der Waals surface area contributed by atoms with Crippen molar-refractivity contribution < 1.29 is 0 Å². The molecule has 0 saturated heterocycles. The zero-order valence-electron chi connectivity index (χ0n) is 11.8. The van der Waals surface area contributed by atoms with Crippen molar-refractivity contribution in [3.8, 4) is 0 Å². The summed E-state index contributed by atoms with van der Waals surface area (Å²) in [6, 6.07) is 9.98. The summed E-state index contributed by atoms with van der Waals surface area (Å²) < 4.78 is 0. The molecular formula is C15H26N2. The van der Waals surface area contributed by atoms with E-state index in [0.29, 0.717) is 12.1 Å². The average molecular weight is 234 g/mol. The molecule has 0 radical (unpaired) electrons. The highest BCUT2D eigenvalue weighted by molar-refractivity contribution is 5.48. The van der Waals surface area contributed by atoms with Gasteiger partial charge in [0.15, 0.2) is 0 Å². The number of nitrogens with one attached hydrogen (secondary N) is 1. The molecule has 0 aromatic heterocycles. The van der Waals surface area contributed by atoms with Crippen LogP contribution in [0.15, 0.2) is 24.3 Å². The van der Waals surface area contributed by atoms with Crippen molar-refractivity contribution in [2.24, 2.45) is 0 Å². The number of rotatable bonds is 6. The van der Waals surface area contributed by atoms with Crippen LogP contribution in [-0.2, 0) is 0 Å². The molecular weight excluding hydrogens is 208 g/mol. The van der Waals surface area contributed by atoms with E-state index in [1.54, 1.807) is 0 Å². The Labute approximate surface area is 106 Å². The van der Waals surface area contributed by atoms with E-state index in [1.807, 2.05) is 7.05 Å². The van der Waals surface area contributed by atoms with Crippen LogP contribution in [-0.4, -0.2) is 20.1 Å². The van der Waals surface area contributed by atoms with Gasteiger partial charge in [-0.2, -0.15) is 0 Å². The van der Waals surface area contributed by atoms with Crippen LogP contribution in [0.3, 0.4) is 0 Å². The Morgan fingerprint density at radius 1 is 1.12 bits per heavy atom. The molecule has 0 spiro atoms. The summed E-state index contributed by atoms with van der Waals surface area (Å²) in [4.78, 5) is 2.34. The van der Waals surface area contributed by atoms with E-state index in [2.05, 4.69) is 62.3 Å². The van der Waals surface area contributed by atoms with Crippen LogP contribution in [0.1, 0.15) is 45.2 Å². The molecule has 1 aromatic carbocycles. The SMILES string of the molecule is CCC(NC)c1ccc(N(C)C(C)CC)cc1. The second kappa shape index (κ2) is 6.65. The molecule has 0 heterocycles. The highest BCUT2D eigenvalue weighted by Crippen LogP contribution is 2.21. The topological polar surface area (TPSA) is 15.3 Å². The Kier molecular flexibility index (Phi) is 5.49. The van der Waals surface area contributed by atoms with E-state index < -0.39 is 0 Å². The predicted octanol–water partition coefficient (Wildman–Crippen LogP) is 3.59. The lowest BCUT2D eigenvalue weighted by molar-refractivity contribution is 0.576. The second-order valence-electron chi connectivity index (χ2n) is 4.71. The first kappa shape index (κ1) is 14.0. The van der Waals surface area contributed by atoms with Crippen LogP contribution in [0.5, 0.6) is 0 Å². The van der Waals surface area contributed by atoms with Crippen LogP contribution in [0.2, 0.25) is 0 Å². The average Bonchev–Trinajstić information content (AvgIpc) is 2.39. The molecule has 1 N–H and O–H groups in total. The minimum atomic E-state index is 0.470. The van der Waals surface area contributed by atoms with Gasteiger partial charge in [-0.3, -0.25) is 0 Å². The van der Waals surface area contributed by atoms with Crippen molar-refractivity contribution >= 4 is 5.69 Å². The van der Waals surface area contributed by atoms with Crippen molar-refractivity contribution in [1.29, 1.82) is 0 Å². The van der Waals surface area contributed by atoms with E-state index in [0.717, 1.165) is 6.42 Å². The first-order chi connectivity index (χ1) is 8.13. The highest BCUT2D eigenvalue weighted by Gasteiger charge is 2.09. The zero-order valence-corrected chi connectivity index (χ0v) is 11.8. The number of hydrogen-bond donors (Lipinski definition) is 1. The summed E-state index contributed by atoms with van der Waals surface area (Å²) in [6.45, 7) is 6.69. The van der Waals surface area contributed by atoms with Gasteiger partial charge in [0.25, 0.3) is 0 Å². The first-order valence-corrected chi connectivity index (χ1v) is 6.64. The molecule has 0 aliphatic rings. The summed E-state index contributed by atoms with van der Waals surface area (Å²) in [5.74, 6) is 0. The van der Waals surface area contributed by atoms with Gasteiger partial charge in [0.05, 0.1) is 0 Å². The van der Waals surface area contributed by atoms with Crippen molar-refractivity contribution in [1.82, 2.24) is 5.32 Å². The minimum Gasteiger partial charge on any atom is -0.372 e. The monoisotopic (exact) mass is 234 g/mol. The molecule has 2 atom stereocenters. The van der Waals surface area contributed by atoms with E-state index in [1.165, 1.54) is 17.7 Å². The quantitative estimate of drug-likeness (QED) is 0.809. The molecule has 0 saturated carbocycles.